The molecule has 1 spiro atoms. The van der Waals surface area contributed by atoms with Crippen LogP contribution in [0, 0.1) is 23.7 Å². The smallest absolute Gasteiger partial charge is 0.387 e. The van der Waals surface area contributed by atoms with Gasteiger partial charge in [0.25, 0.3) is 0 Å². The zero-order valence-electron chi connectivity index (χ0n) is 25.4. The first-order valence-corrected chi connectivity index (χ1v) is 17.4. The van der Waals surface area contributed by atoms with Gasteiger partial charge in [0.15, 0.2) is 11.6 Å². The number of anilines is 1. The molecule has 2 saturated carbocycles. The van der Waals surface area contributed by atoms with Gasteiger partial charge in [0, 0.05) is 62.5 Å². The Morgan fingerprint density at radius 3 is 2.29 bits per heavy atom. The lowest BCUT2D eigenvalue weighted by atomic mass is 9.84. The molecule has 0 radical (unpaired) electrons. The number of ether oxygens (including phenoxy) is 4. The molecule has 0 aromatic heterocycles. The van der Waals surface area contributed by atoms with Crippen molar-refractivity contribution >= 4 is 25.1 Å². The van der Waals surface area contributed by atoms with Crippen LogP contribution in [0.5, 0.6) is 0 Å². The Balaban J connectivity index is 1.43. The molecule has 4 aliphatic rings. The molecule has 0 amide bonds. The fraction of sp³-hybridized carbons (Fsp3) is 0.710. The highest BCUT2D eigenvalue weighted by Crippen LogP contribution is 2.56. The summed E-state index contributed by atoms with van der Waals surface area (Å²) >= 11 is 6.08. The van der Waals surface area contributed by atoms with E-state index in [1.807, 2.05) is 37.3 Å². The van der Waals surface area contributed by atoms with E-state index in [1.165, 1.54) is 0 Å². The maximum Gasteiger partial charge on any atom is 0.475 e. The molecule has 7 atom stereocenters. The zero-order chi connectivity index (χ0) is 32.1. The number of nitrogens with zero attached hydrogens (tertiary/aromatic N) is 2. The highest BCUT2D eigenvalue weighted by atomic mass is 35.5. The molecule has 2 aliphatic heterocycles. The quantitative estimate of drug-likeness (QED) is 0.133. The van der Waals surface area contributed by atoms with Crippen molar-refractivity contribution in [2.24, 2.45) is 0 Å². The standard InChI is InChI=1S/C31H42ClN2O10P/c1-3-5-20-39-45(37,40-21-8-17-33)44-29-27(25(36)24(35)26-28(29)43-31(42-26)13-6-7-14-31)41-30(38-4-2)15-18-34(19-16-30)23-11-9-22(32)10-12-23/h1,9-12,24-29,35-36H,4-8,13-16,18-21H2,2H3/t24-,25-,26+,27+,28+,29-,45?/m0/s1. The summed E-state index contributed by atoms with van der Waals surface area (Å²) in [6, 6.07) is 9.49. The van der Waals surface area contributed by atoms with Gasteiger partial charge < -0.3 is 34.1 Å². The van der Waals surface area contributed by atoms with E-state index in [0.29, 0.717) is 50.4 Å². The number of terminal acetylenes is 1. The topological polar surface area (TPSA) is 149 Å². The SMILES string of the molecule is C#CCCOP(=O)(OCCC#N)O[C@@H]1[C@@H]2OC3(CCCC3)O[C@@H]2[C@@H](O)[C@H](O)[C@H]1OC1(OCC)CCN(c2ccc(Cl)cc2)CC1. The van der Waals surface area contributed by atoms with Gasteiger partial charge >= 0.3 is 7.82 Å². The largest absolute Gasteiger partial charge is 0.475 e. The van der Waals surface area contributed by atoms with Crippen molar-refractivity contribution in [1.82, 2.24) is 0 Å². The van der Waals surface area contributed by atoms with Crippen molar-refractivity contribution in [2.75, 3.05) is 37.8 Å². The average molecular weight is 669 g/mol. The van der Waals surface area contributed by atoms with E-state index >= 15 is 0 Å². The first kappa shape index (κ1) is 34.6. The molecule has 248 valence electrons. The Hall–Kier alpha value is -1.77. The van der Waals surface area contributed by atoms with E-state index in [0.717, 1.165) is 18.5 Å². The number of benzene rings is 1. The zero-order valence-corrected chi connectivity index (χ0v) is 27.1. The Kier molecular flexibility index (Phi) is 11.5. The number of nitriles is 1. The summed E-state index contributed by atoms with van der Waals surface area (Å²) in [7, 11) is -4.38. The summed E-state index contributed by atoms with van der Waals surface area (Å²) in [5, 5.41) is 32.6. The van der Waals surface area contributed by atoms with Gasteiger partial charge in [0.05, 0.1) is 25.7 Å². The van der Waals surface area contributed by atoms with E-state index < -0.39 is 56.0 Å². The number of rotatable bonds is 13. The molecule has 14 heteroatoms. The number of hydrogen-bond acceptors (Lipinski definition) is 12. The van der Waals surface area contributed by atoms with Crippen LogP contribution < -0.4 is 4.90 Å². The van der Waals surface area contributed by atoms with Gasteiger partial charge in [-0.15, -0.1) is 12.3 Å². The summed E-state index contributed by atoms with van der Waals surface area (Å²) in [4.78, 5) is 2.18. The first-order chi connectivity index (χ1) is 21.7. The van der Waals surface area contributed by atoms with Crippen LogP contribution in [0.15, 0.2) is 24.3 Å². The molecule has 2 heterocycles. The van der Waals surface area contributed by atoms with Crippen LogP contribution in [0.2, 0.25) is 5.02 Å². The third-order valence-electron chi connectivity index (χ3n) is 8.75. The van der Waals surface area contributed by atoms with Crippen molar-refractivity contribution in [3.05, 3.63) is 29.3 Å². The minimum Gasteiger partial charge on any atom is -0.387 e. The molecular formula is C31H42ClN2O10P. The molecular weight excluding hydrogens is 627 g/mol. The van der Waals surface area contributed by atoms with Gasteiger partial charge in [-0.25, -0.2) is 4.57 Å². The van der Waals surface area contributed by atoms with Crippen molar-refractivity contribution in [3.63, 3.8) is 0 Å². The number of phosphoric acid groups is 1. The second-order valence-electron chi connectivity index (χ2n) is 11.7. The number of aliphatic hydroxyl groups is 2. The van der Waals surface area contributed by atoms with Gasteiger partial charge in [-0.1, -0.05) is 11.6 Å². The Labute approximate surface area is 269 Å². The van der Waals surface area contributed by atoms with Crippen molar-refractivity contribution in [3.8, 4) is 18.4 Å². The van der Waals surface area contributed by atoms with Crippen molar-refractivity contribution in [2.45, 2.75) is 106 Å². The van der Waals surface area contributed by atoms with Crippen LogP contribution in [0.3, 0.4) is 0 Å². The molecule has 2 N–H and O–H groups in total. The molecule has 12 nitrogen and oxygen atoms in total. The molecule has 0 bridgehead atoms. The molecule has 2 saturated heterocycles. The van der Waals surface area contributed by atoms with Crippen LogP contribution in [-0.2, 0) is 37.1 Å². The summed E-state index contributed by atoms with van der Waals surface area (Å²) in [6.45, 7) is 2.93. The van der Waals surface area contributed by atoms with Crippen molar-refractivity contribution < 1.29 is 47.3 Å². The second kappa shape index (κ2) is 15.0. The number of hydrogen-bond donors (Lipinski definition) is 2. The lowest BCUT2D eigenvalue weighted by Crippen LogP contribution is -2.66. The van der Waals surface area contributed by atoms with E-state index in [1.54, 1.807) is 0 Å². The normalized spacial score (nSPS) is 31.6. The molecule has 2 aliphatic carbocycles. The highest BCUT2D eigenvalue weighted by molar-refractivity contribution is 7.48. The predicted molar refractivity (Wildman–Crippen MR) is 163 cm³/mol. The van der Waals surface area contributed by atoms with Gasteiger partial charge in [-0.3, -0.25) is 13.6 Å². The summed E-state index contributed by atoms with van der Waals surface area (Å²) < 4.78 is 56.8. The Morgan fingerprint density at radius 2 is 1.67 bits per heavy atom. The van der Waals surface area contributed by atoms with E-state index in [4.69, 9.17) is 55.8 Å². The molecule has 45 heavy (non-hydrogen) atoms. The number of phosphoric ester groups is 1. The van der Waals surface area contributed by atoms with Crippen molar-refractivity contribution in [1.29, 1.82) is 5.26 Å². The summed E-state index contributed by atoms with van der Waals surface area (Å²) in [6.07, 6.45) is 1.76. The van der Waals surface area contributed by atoms with E-state index in [2.05, 4.69) is 10.8 Å². The van der Waals surface area contributed by atoms with E-state index in [-0.39, 0.29) is 26.1 Å². The second-order valence-corrected chi connectivity index (χ2v) is 13.8. The maximum absolute atomic E-state index is 14.0. The highest BCUT2D eigenvalue weighted by Gasteiger charge is 2.63. The first-order valence-electron chi connectivity index (χ1n) is 15.6. The van der Waals surface area contributed by atoms with Crippen LogP contribution in [0.4, 0.5) is 5.69 Å². The van der Waals surface area contributed by atoms with E-state index in [9.17, 15) is 14.8 Å². The molecule has 5 rings (SSSR count). The molecule has 1 unspecified atom stereocenters. The minimum atomic E-state index is -4.38. The minimum absolute atomic E-state index is 0.0653. The van der Waals surface area contributed by atoms with Gasteiger partial charge in [0.1, 0.15) is 36.6 Å². The fourth-order valence-electron chi connectivity index (χ4n) is 6.58. The maximum atomic E-state index is 14.0. The summed E-state index contributed by atoms with van der Waals surface area (Å²) in [5.41, 5.74) is 1.000. The van der Waals surface area contributed by atoms with Gasteiger partial charge in [-0.05, 0) is 44.0 Å². The summed E-state index contributed by atoms with van der Waals surface area (Å²) in [5.74, 6) is 0.278. The van der Waals surface area contributed by atoms with Crippen LogP contribution in [-0.4, -0.2) is 91.3 Å². The van der Waals surface area contributed by atoms with Gasteiger partial charge in [0.2, 0.25) is 0 Å². The number of piperidine rings is 1. The number of fused-ring (bicyclic) bond motifs is 1. The Morgan fingerprint density at radius 1 is 1.02 bits per heavy atom. The van der Waals surface area contributed by atoms with Gasteiger partial charge in [-0.2, -0.15) is 5.26 Å². The average Bonchev–Trinajstić information content (AvgIpc) is 3.65. The molecule has 1 aromatic carbocycles. The lowest BCUT2D eigenvalue weighted by Gasteiger charge is -2.49. The molecule has 1 aromatic rings. The fourth-order valence-corrected chi connectivity index (χ4v) is 8.07. The van der Waals surface area contributed by atoms with Crippen LogP contribution in [0.25, 0.3) is 0 Å². The van der Waals surface area contributed by atoms with Crippen LogP contribution >= 0.6 is 19.4 Å². The lowest BCUT2D eigenvalue weighted by molar-refractivity contribution is -0.314. The predicted octanol–water partition coefficient (Wildman–Crippen LogP) is 4.31. The number of halogens is 1. The van der Waals surface area contributed by atoms with Crippen LogP contribution in [0.1, 0.15) is 58.3 Å². The number of aliphatic hydroxyl groups excluding tert-OH is 2. The third kappa shape index (κ3) is 7.86. The monoisotopic (exact) mass is 668 g/mol. The Bertz CT molecular complexity index is 1230. The third-order valence-corrected chi connectivity index (χ3v) is 10.5. The molecule has 4 fully saturated rings.